The molecule has 0 bridgehead atoms. The SMILES string of the molecule is Cc1ccc(C)c(CSc2nc(N)cc(=O)[nH]2)c1. The molecule has 0 fully saturated rings. The highest BCUT2D eigenvalue weighted by Gasteiger charge is 2.03. The molecule has 0 aliphatic carbocycles. The van der Waals surface area contributed by atoms with Crippen LogP contribution in [0.2, 0.25) is 0 Å². The van der Waals surface area contributed by atoms with Gasteiger partial charge in [-0.25, -0.2) is 4.98 Å². The van der Waals surface area contributed by atoms with Crippen molar-refractivity contribution in [2.45, 2.75) is 24.8 Å². The first-order chi connectivity index (χ1) is 8.54. The third-order valence-corrected chi connectivity index (χ3v) is 3.53. The molecule has 2 aromatic rings. The number of nitrogen functional groups attached to an aromatic ring is 1. The van der Waals surface area contributed by atoms with E-state index in [0.717, 1.165) is 5.75 Å². The number of hydrogen-bond acceptors (Lipinski definition) is 4. The summed E-state index contributed by atoms with van der Waals surface area (Å²) in [6, 6.07) is 7.61. The maximum absolute atomic E-state index is 11.3. The fourth-order valence-electron chi connectivity index (χ4n) is 1.62. The van der Waals surface area contributed by atoms with Crippen LogP contribution in [0.5, 0.6) is 0 Å². The van der Waals surface area contributed by atoms with Gasteiger partial charge in [0.1, 0.15) is 5.82 Å². The van der Waals surface area contributed by atoms with Crippen LogP contribution in [0.4, 0.5) is 5.82 Å². The zero-order chi connectivity index (χ0) is 13.1. The molecule has 18 heavy (non-hydrogen) atoms. The molecule has 0 aliphatic heterocycles. The fraction of sp³-hybridized carbons (Fsp3) is 0.231. The number of anilines is 1. The minimum Gasteiger partial charge on any atom is -0.383 e. The van der Waals surface area contributed by atoms with E-state index in [9.17, 15) is 4.79 Å². The minimum atomic E-state index is -0.217. The van der Waals surface area contributed by atoms with Gasteiger partial charge in [-0.3, -0.25) is 4.79 Å². The summed E-state index contributed by atoms with van der Waals surface area (Å²) in [7, 11) is 0. The molecule has 1 heterocycles. The summed E-state index contributed by atoms with van der Waals surface area (Å²) in [5.74, 6) is 1.02. The lowest BCUT2D eigenvalue weighted by Crippen LogP contribution is -2.09. The van der Waals surface area contributed by atoms with Crippen LogP contribution < -0.4 is 11.3 Å². The molecule has 0 saturated carbocycles. The molecule has 0 radical (unpaired) electrons. The van der Waals surface area contributed by atoms with Crippen LogP contribution in [-0.4, -0.2) is 9.97 Å². The molecule has 0 saturated heterocycles. The summed E-state index contributed by atoms with van der Waals surface area (Å²) in [5, 5.41) is 0.556. The van der Waals surface area contributed by atoms with Crippen molar-refractivity contribution >= 4 is 17.6 Å². The number of nitrogens with zero attached hydrogens (tertiary/aromatic N) is 1. The molecule has 0 atom stereocenters. The van der Waals surface area contributed by atoms with Gasteiger partial charge in [0.2, 0.25) is 0 Å². The second kappa shape index (κ2) is 5.27. The first-order valence-corrected chi connectivity index (χ1v) is 6.59. The molecule has 0 unspecified atom stereocenters. The molecule has 1 aromatic heterocycles. The van der Waals surface area contributed by atoms with Gasteiger partial charge >= 0.3 is 0 Å². The van der Waals surface area contributed by atoms with E-state index in [0.29, 0.717) is 5.16 Å². The molecule has 94 valence electrons. The maximum atomic E-state index is 11.3. The average Bonchev–Trinajstić information content (AvgIpc) is 2.29. The normalized spacial score (nSPS) is 10.6. The van der Waals surface area contributed by atoms with Gasteiger partial charge in [0.25, 0.3) is 5.56 Å². The van der Waals surface area contributed by atoms with Crippen LogP contribution in [0.15, 0.2) is 34.2 Å². The van der Waals surface area contributed by atoms with Crippen molar-refractivity contribution in [3.63, 3.8) is 0 Å². The highest BCUT2D eigenvalue weighted by Crippen LogP contribution is 2.21. The second-order valence-corrected chi connectivity index (χ2v) is 5.16. The Morgan fingerprint density at radius 2 is 2.11 bits per heavy atom. The lowest BCUT2D eigenvalue weighted by molar-refractivity contribution is 0.944. The van der Waals surface area contributed by atoms with Crippen LogP contribution in [0.25, 0.3) is 0 Å². The van der Waals surface area contributed by atoms with Gasteiger partial charge in [0.05, 0.1) is 0 Å². The summed E-state index contributed by atoms with van der Waals surface area (Å²) in [6.07, 6.45) is 0. The van der Waals surface area contributed by atoms with Gasteiger partial charge in [0.15, 0.2) is 5.16 Å². The van der Waals surface area contributed by atoms with Crippen molar-refractivity contribution in [1.82, 2.24) is 9.97 Å². The fourth-order valence-corrected chi connectivity index (χ4v) is 2.57. The van der Waals surface area contributed by atoms with E-state index in [1.165, 1.54) is 34.5 Å². The highest BCUT2D eigenvalue weighted by molar-refractivity contribution is 7.98. The summed E-state index contributed by atoms with van der Waals surface area (Å²) >= 11 is 1.48. The van der Waals surface area contributed by atoms with E-state index in [1.54, 1.807) is 0 Å². The van der Waals surface area contributed by atoms with Crippen molar-refractivity contribution in [3.8, 4) is 0 Å². The van der Waals surface area contributed by atoms with E-state index >= 15 is 0 Å². The monoisotopic (exact) mass is 261 g/mol. The lowest BCUT2D eigenvalue weighted by Gasteiger charge is -2.06. The molecule has 0 aliphatic rings. The Labute approximate surface area is 110 Å². The van der Waals surface area contributed by atoms with Crippen LogP contribution in [0, 0.1) is 13.8 Å². The highest BCUT2D eigenvalue weighted by atomic mass is 32.2. The molecule has 1 aromatic carbocycles. The molecule has 4 nitrogen and oxygen atoms in total. The third kappa shape index (κ3) is 3.13. The predicted molar refractivity (Wildman–Crippen MR) is 74.7 cm³/mol. The molecular formula is C13H15N3OS. The number of H-pyrrole nitrogens is 1. The van der Waals surface area contributed by atoms with Crippen LogP contribution >= 0.6 is 11.8 Å². The summed E-state index contributed by atoms with van der Waals surface area (Å²) in [6.45, 7) is 4.14. The van der Waals surface area contributed by atoms with Crippen molar-refractivity contribution in [2.24, 2.45) is 0 Å². The predicted octanol–water partition coefficient (Wildman–Crippen LogP) is 2.26. The smallest absolute Gasteiger partial charge is 0.253 e. The molecule has 2 rings (SSSR count). The van der Waals surface area contributed by atoms with Gasteiger partial charge in [0, 0.05) is 11.8 Å². The van der Waals surface area contributed by atoms with Gasteiger partial charge < -0.3 is 10.7 Å². The summed E-state index contributed by atoms with van der Waals surface area (Å²) < 4.78 is 0. The number of benzene rings is 1. The van der Waals surface area contributed by atoms with E-state index in [4.69, 9.17) is 5.73 Å². The van der Waals surface area contributed by atoms with Crippen molar-refractivity contribution in [3.05, 3.63) is 51.3 Å². The quantitative estimate of drug-likeness (QED) is 0.656. The number of aryl methyl sites for hydroxylation is 2. The lowest BCUT2D eigenvalue weighted by atomic mass is 10.1. The Balaban J connectivity index is 2.16. The Kier molecular flexibility index (Phi) is 3.72. The molecule has 5 heteroatoms. The van der Waals surface area contributed by atoms with Crippen LogP contribution in [-0.2, 0) is 5.75 Å². The number of thioether (sulfide) groups is 1. The molecule has 3 N–H and O–H groups in total. The maximum Gasteiger partial charge on any atom is 0.253 e. The second-order valence-electron chi connectivity index (χ2n) is 4.19. The molecular weight excluding hydrogens is 246 g/mol. The number of nitrogens with one attached hydrogen (secondary N) is 1. The van der Waals surface area contributed by atoms with Crippen molar-refractivity contribution in [1.29, 1.82) is 0 Å². The van der Waals surface area contributed by atoms with Crippen LogP contribution in [0.1, 0.15) is 16.7 Å². The van der Waals surface area contributed by atoms with Gasteiger partial charge in [-0.1, -0.05) is 35.5 Å². The Bertz CT molecular complexity index is 622. The standard InChI is InChI=1S/C13H15N3OS/c1-8-3-4-9(2)10(5-8)7-18-13-15-11(14)6-12(17)16-13/h3-6H,7H2,1-2H3,(H3,14,15,16,17). The van der Waals surface area contributed by atoms with Gasteiger partial charge in [-0.15, -0.1) is 0 Å². The van der Waals surface area contributed by atoms with E-state index in [-0.39, 0.29) is 11.4 Å². The minimum absolute atomic E-state index is 0.217. The molecule has 0 amide bonds. The summed E-state index contributed by atoms with van der Waals surface area (Å²) in [4.78, 5) is 18.0. The van der Waals surface area contributed by atoms with Crippen LogP contribution in [0.3, 0.4) is 0 Å². The Morgan fingerprint density at radius 3 is 2.83 bits per heavy atom. The summed E-state index contributed by atoms with van der Waals surface area (Å²) in [5.41, 5.74) is 9.02. The van der Waals surface area contributed by atoms with E-state index < -0.39 is 0 Å². The zero-order valence-electron chi connectivity index (χ0n) is 10.4. The molecule has 0 spiro atoms. The number of aromatic amines is 1. The largest absolute Gasteiger partial charge is 0.383 e. The number of aromatic nitrogens is 2. The third-order valence-electron chi connectivity index (χ3n) is 2.61. The van der Waals surface area contributed by atoms with Gasteiger partial charge in [-0.2, -0.15) is 0 Å². The topological polar surface area (TPSA) is 71.8 Å². The van der Waals surface area contributed by atoms with E-state index in [2.05, 4.69) is 42.0 Å². The number of hydrogen-bond donors (Lipinski definition) is 2. The number of nitrogens with two attached hydrogens (primary N) is 1. The van der Waals surface area contributed by atoms with E-state index in [1.807, 2.05) is 0 Å². The first-order valence-electron chi connectivity index (χ1n) is 5.60. The number of rotatable bonds is 3. The van der Waals surface area contributed by atoms with Gasteiger partial charge in [-0.05, 0) is 25.0 Å². The zero-order valence-corrected chi connectivity index (χ0v) is 11.2. The van der Waals surface area contributed by atoms with Crippen molar-refractivity contribution in [2.75, 3.05) is 5.73 Å². The first kappa shape index (κ1) is 12.7. The average molecular weight is 261 g/mol. The van der Waals surface area contributed by atoms with Crippen molar-refractivity contribution < 1.29 is 0 Å². The Hall–Kier alpha value is -1.75. The Morgan fingerprint density at radius 1 is 1.33 bits per heavy atom.